The van der Waals surface area contributed by atoms with Crippen LogP contribution in [0.25, 0.3) is 0 Å². The van der Waals surface area contributed by atoms with Gasteiger partial charge in [0.2, 0.25) is 5.91 Å². The van der Waals surface area contributed by atoms with E-state index in [1.807, 2.05) is 30.1 Å². The fraction of sp³-hybridized carbons (Fsp3) is 0.562. The Bertz CT molecular complexity index is 435. The average molecular weight is 275 g/mol. The van der Waals surface area contributed by atoms with E-state index in [9.17, 15) is 4.79 Å². The van der Waals surface area contributed by atoms with E-state index in [-0.39, 0.29) is 11.9 Å². The molecule has 1 saturated heterocycles. The van der Waals surface area contributed by atoms with Gasteiger partial charge in [0.15, 0.2) is 0 Å². The van der Waals surface area contributed by atoms with E-state index in [0.29, 0.717) is 19.1 Å². The highest BCUT2D eigenvalue weighted by molar-refractivity contribution is 5.78. The Morgan fingerprint density at radius 1 is 1.45 bits per heavy atom. The van der Waals surface area contributed by atoms with E-state index in [4.69, 9.17) is 5.73 Å². The fourth-order valence-corrected chi connectivity index (χ4v) is 2.83. The molecule has 1 aromatic carbocycles. The van der Waals surface area contributed by atoms with E-state index < -0.39 is 0 Å². The Morgan fingerprint density at radius 2 is 2.15 bits per heavy atom. The number of nitrogens with two attached hydrogens (primary N) is 1. The van der Waals surface area contributed by atoms with Crippen molar-refractivity contribution < 1.29 is 4.79 Å². The van der Waals surface area contributed by atoms with Crippen molar-refractivity contribution in [3.05, 3.63) is 35.9 Å². The SMILES string of the molecule is CC(c1ccccc1)N(C)C(=O)CN1CCCC1CN. The molecule has 1 heterocycles. The Kier molecular flexibility index (Phi) is 5.15. The first-order valence-electron chi connectivity index (χ1n) is 7.38. The molecule has 1 aliphatic heterocycles. The predicted octanol–water partition coefficient (Wildman–Crippen LogP) is 1.63. The molecule has 4 nitrogen and oxygen atoms in total. The van der Waals surface area contributed by atoms with Crippen LogP contribution in [-0.4, -0.2) is 48.4 Å². The molecule has 0 spiro atoms. The molecule has 20 heavy (non-hydrogen) atoms. The zero-order chi connectivity index (χ0) is 14.5. The molecule has 2 N–H and O–H groups in total. The number of hydrogen-bond acceptors (Lipinski definition) is 3. The molecule has 0 aliphatic carbocycles. The summed E-state index contributed by atoms with van der Waals surface area (Å²) in [6.45, 7) is 4.18. The first kappa shape index (κ1) is 15.0. The van der Waals surface area contributed by atoms with Gasteiger partial charge in [0.25, 0.3) is 0 Å². The van der Waals surface area contributed by atoms with Crippen LogP contribution in [0.5, 0.6) is 0 Å². The van der Waals surface area contributed by atoms with Crippen LogP contribution in [0.1, 0.15) is 31.4 Å². The summed E-state index contributed by atoms with van der Waals surface area (Å²) in [4.78, 5) is 16.5. The third-order valence-corrected chi connectivity index (χ3v) is 4.37. The molecule has 1 amide bonds. The van der Waals surface area contributed by atoms with E-state index in [1.165, 1.54) is 5.56 Å². The summed E-state index contributed by atoms with van der Waals surface area (Å²) >= 11 is 0. The van der Waals surface area contributed by atoms with Crippen molar-refractivity contribution in [3.8, 4) is 0 Å². The van der Waals surface area contributed by atoms with Gasteiger partial charge < -0.3 is 10.6 Å². The van der Waals surface area contributed by atoms with Crippen LogP contribution in [-0.2, 0) is 4.79 Å². The molecule has 2 rings (SSSR count). The number of carbonyl (C=O) groups excluding carboxylic acids is 1. The number of rotatable bonds is 5. The monoisotopic (exact) mass is 275 g/mol. The first-order valence-corrected chi connectivity index (χ1v) is 7.38. The van der Waals surface area contributed by atoms with Gasteiger partial charge >= 0.3 is 0 Å². The molecule has 2 unspecified atom stereocenters. The number of nitrogens with zero attached hydrogens (tertiary/aromatic N) is 2. The standard InChI is InChI=1S/C16H25N3O/c1-13(14-7-4-3-5-8-14)18(2)16(20)12-19-10-6-9-15(19)11-17/h3-5,7-8,13,15H,6,9-12,17H2,1-2H3. The van der Waals surface area contributed by atoms with Crippen molar-refractivity contribution in [2.75, 3.05) is 26.7 Å². The van der Waals surface area contributed by atoms with Gasteiger partial charge in [-0.1, -0.05) is 30.3 Å². The van der Waals surface area contributed by atoms with Gasteiger partial charge in [0.1, 0.15) is 0 Å². The smallest absolute Gasteiger partial charge is 0.237 e. The van der Waals surface area contributed by atoms with E-state index >= 15 is 0 Å². The Balaban J connectivity index is 1.95. The van der Waals surface area contributed by atoms with E-state index in [1.54, 1.807) is 0 Å². The minimum absolute atomic E-state index is 0.0997. The van der Waals surface area contributed by atoms with Crippen molar-refractivity contribution >= 4 is 5.91 Å². The lowest BCUT2D eigenvalue weighted by molar-refractivity contribution is -0.133. The zero-order valence-electron chi connectivity index (χ0n) is 12.5. The van der Waals surface area contributed by atoms with Crippen LogP contribution in [0.3, 0.4) is 0 Å². The van der Waals surface area contributed by atoms with Crippen molar-refractivity contribution in [3.63, 3.8) is 0 Å². The van der Waals surface area contributed by atoms with Gasteiger partial charge in [-0.25, -0.2) is 0 Å². The molecular weight excluding hydrogens is 250 g/mol. The minimum atomic E-state index is 0.0997. The number of likely N-dealkylation sites (N-methyl/N-ethyl adjacent to an activating group) is 1. The van der Waals surface area contributed by atoms with Crippen molar-refractivity contribution in [2.24, 2.45) is 5.73 Å². The molecule has 4 heteroatoms. The number of carbonyl (C=O) groups is 1. The van der Waals surface area contributed by atoms with Crippen LogP contribution >= 0.6 is 0 Å². The second-order valence-electron chi connectivity index (χ2n) is 5.59. The molecule has 1 fully saturated rings. The average Bonchev–Trinajstić information content (AvgIpc) is 2.93. The number of amides is 1. The number of hydrogen-bond donors (Lipinski definition) is 1. The van der Waals surface area contributed by atoms with E-state index in [2.05, 4.69) is 24.0 Å². The fourth-order valence-electron chi connectivity index (χ4n) is 2.83. The van der Waals surface area contributed by atoms with Gasteiger partial charge in [0.05, 0.1) is 12.6 Å². The Labute approximate surface area is 121 Å². The molecule has 1 aromatic rings. The second-order valence-corrected chi connectivity index (χ2v) is 5.59. The van der Waals surface area contributed by atoms with Crippen molar-refractivity contribution in [2.45, 2.75) is 31.8 Å². The van der Waals surface area contributed by atoms with Crippen LogP contribution < -0.4 is 5.73 Å². The molecular formula is C16H25N3O. The van der Waals surface area contributed by atoms with Crippen molar-refractivity contribution in [1.82, 2.24) is 9.80 Å². The van der Waals surface area contributed by atoms with Gasteiger partial charge in [-0.15, -0.1) is 0 Å². The van der Waals surface area contributed by atoms with Crippen LogP contribution in [0.4, 0.5) is 0 Å². The molecule has 0 bridgehead atoms. The summed E-state index contributed by atoms with van der Waals surface area (Å²) < 4.78 is 0. The van der Waals surface area contributed by atoms with Gasteiger partial charge in [-0.3, -0.25) is 9.69 Å². The maximum Gasteiger partial charge on any atom is 0.237 e. The highest BCUT2D eigenvalue weighted by atomic mass is 16.2. The lowest BCUT2D eigenvalue weighted by Crippen LogP contribution is -2.43. The minimum Gasteiger partial charge on any atom is -0.338 e. The normalized spacial score (nSPS) is 20.9. The lowest BCUT2D eigenvalue weighted by Gasteiger charge is -2.29. The van der Waals surface area contributed by atoms with Gasteiger partial charge in [-0.2, -0.15) is 0 Å². The lowest BCUT2D eigenvalue weighted by atomic mass is 10.1. The molecule has 0 saturated carbocycles. The van der Waals surface area contributed by atoms with E-state index in [0.717, 1.165) is 19.4 Å². The molecule has 110 valence electrons. The zero-order valence-corrected chi connectivity index (χ0v) is 12.5. The Hall–Kier alpha value is -1.39. The molecule has 1 aliphatic rings. The summed E-state index contributed by atoms with van der Waals surface area (Å²) in [7, 11) is 1.88. The van der Waals surface area contributed by atoms with Crippen LogP contribution in [0.2, 0.25) is 0 Å². The van der Waals surface area contributed by atoms with Crippen LogP contribution in [0, 0.1) is 0 Å². The first-order chi connectivity index (χ1) is 9.63. The molecule has 0 radical (unpaired) electrons. The number of benzene rings is 1. The molecule has 2 atom stereocenters. The topological polar surface area (TPSA) is 49.6 Å². The predicted molar refractivity (Wildman–Crippen MR) is 81.3 cm³/mol. The largest absolute Gasteiger partial charge is 0.338 e. The summed E-state index contributed by atoms with van der Waals surface area (Å²) in [6.07, 6.45) is 2.26. The summed E-state index contributed by atoms with van der Waals surface area (Å²) in [5, 5.41) is 0. The van der Waals surface area contributed by atoms with Crippen LogP contribution in [0.15, 0.2) is 30.3 Å². The third kappa shape index (κ3) is 3.38. The maximum absolute atomic E-state index is 12.4. The maximum atomic E-state index is 12.4. The Morgan fingerprint density at radius 3 is 2.80 bits per heavy atom. The van der Waals surface area contributed by atoms with Crippen molar-refractivity contribution in [1.29, 1.82) is 0 Å². The summed E-state index contributed by atoms with van der Waals surface area (Å²) in [5.41, 5.74) is 6.93. The van der Waals surface area contributed by atoms with Gasteiger partial charge in [0, 0.05) is 19.6 Å². The second kappa shape index (κ2) is 6.86. The quantitative estimate of drug-likeness (QED) is 0.888. The summed E-state index contributed by atoms with van der Waals surface area (Å²) in [5.74, 6) is 0.168. The molecule has 0 aromatic heterocycles. The summed E-state index contributed by atoms with van der Waals surface area (Å²) in [6, 6.07) is 10.6. The highest BCUT2D eigenvalue weighted by Gasteiger charge is 2.27. The number of likely N-dealkylation sites (tertiary alicyclic amines) is 1. The van der Waals surface area contributed by atoms with Gasteiger partial charge in [-0.05, 0) is 31.9 Å². The third-order valence-electron chi connectivity index (χ3n) is 4.37. The highest BCUT2D eigenvalue weighted by Crippen LogP contribution is 2.20.